The first kappa shape index (κ1) is 8.96. The number of hydrogen-bond acceptors (Lipinski definition) is 2. The smallest absolute Gasteiger partial charge is 0.311 e. The van der Waals surface area contributed by atoms with E-state index >= 15 is 0 Å². The van der Waals surface area contributed by atoms with E-state index in [1.54, 1.807) is 0 Å². The van der Waals surface area contributed by atoms with Crippen LogP contribution in [0.15, 0.2) is 0 Å². The molecule has 1 heterocycles. The average molecular weight is 180 g/mol. The molecule has 0 radical (unpaired) electrons. The van der Waals surface area contributed by atoms with Gasteiger partial charge in [0.15, 0.2) is 0 Å². The summed E-state index contributed by atoms with van der Waals surface area (Å²) in [6.45, 7) is 1.72. The molecule has 1 N–H and O–H groups in total. The van der Waals surface area contributed by atoms with Crippen LogP contribution in [-0.2, 0) is 10.1 Å². The summed E-state index contributed by atoms with van der Waals surface area (Å²) >= 11 is 0. The average Bonchev–Trinajstić information content (AvgIpc) is 2.09. The van der Waals surface area contributed by atoms with Gasteiger partial charge in [0.2, 0.25) is 5.88 Å². The fourth-order valence-electron chi connectivity index (χ4n) is 1.62. The molecule has 1 aliphatic heterocycles. The van der Waals surface area contributed by atoms with Crippen LogP contribution in [0.2, 0.25) is 0 Å². The van der Waals surface area contributed by atoms with E-state index < -0.39 is 10.1 Å². The van der Waals surface area contributed by atoms with Crippen molar-refractivity contribution in [3.8, 4) is 0 Å². The standard InChI is InChI=1S/C6H13NO3S/c1-7(4-2-3-5-7)6-11(8,9)10/h2-6H2,1H3/p+1. The van der Waals surface area contributed by atoms with E-state index in [-0.39, 0.29) is 5.88 Å². The molecule has 1 saturated heterocycles. The predicted molar refractivity (Wildman–Crippen MR) is 41.6 cm³/mol. The molecule has 0 amide bonds. The summed E-state index contributed by atoms with van der Waals surface area (Å²) in [4.78, 5) is 0. The Labute approximate surface area is 67.2 Å². The van der Waals surface area contributed by atoms with Gasteiger partial charge in [-0.25, -0.2) is 0 Å². The number of hydrogen-bond donors (Lipinski definition) is 1. The van der Waals surface area contributed by atoms with Crippen LogP contribution in [-0.4, -0.2) is 43.5 Å². The van der Waals surface area contributed by atoms with Crippen molar-refractivity contribution in [2.24, 2.45) is 0 Å². The number of likely N-dealkylation sites (tertiary alicyclic amines) is 1. The first-order valence-electron chi connectivity index (χ1n) is 3.70. The highest BCUT2D eigenvalue weighted by atomic mass is 32.2. The lowest BCUT2D eigenvalue weighted by atomic mass is 10.4. The van der Waals surface area contributed by atoms with Crippen LogP contribution in [0.1, 0.15) is 12.8 Å². The first-order chi connectivity index (χ1) is 4.91. The van der Waals surface area contributed by atoms with E-state index in [9.17, 15) is 8.42 Å². The van der Waals surface area contributed by atoms with E-state index in [1.165, 1.54) is 0 Å². The zero-order valence-electron chi connectivity index (χ0n) is 6.65. The monoisotopic (exact) mass is 180 g/mol. The Balaban J connectivity index is 2.60. The number of rotatable bonds is 2. The highest BCUT2D eigenvalue weighted by molar-refractivity contribution is 7.85. The summed E-state index contributed by atoms with van der Waals surface area (Å²) in [6, 6.07) is 0. The van der Waals surface area contributed by atoms with Crippen LogP contribution in [0.25, 0.3) is 0 Å². The summed E-state index contributed by atoms with van der Waals surface area (Å²) in [5.74, 6) is -0.132. The molecule has 0 unspecified atom stereocenters. The van der Waals surface area contributed by atoms with E-state index in [4.69, 9.17) is 4.55 Å². The molecule has 0 aromatic carbocycles. The lowest BCUT2D eigenvalue weighted by molar-refractivity contribution is -0.886. The normalized spacial score (nSPS) is 23.8. The van der Waals surface area contributed by atoms with Crippen molar-refractivity contribution < 1.29 is 17.5 Å². The van der Waals surface area contributed by atoms with Crippen molar-refractivity contribution in [3.63, 3.8) is 0 Å². The van der Waals surface area contributed by atoms with Crippen molar-refractivity contribution in [2.75, 3.05) is 26.0 Å². The lowest BCUT2D eigenvalue weighted by Gasteiger charge is -2.26. The second kappa shape index (κ2) is 2.73. The van der Waals surface area contributed by atoms with Gasteiger partial charge in [-0.3, -0.25) is 4.55 Å². The van der Waals surface area contributed by atoms with Crippen molar-refractivity contribution >= 4 is 10.1 Å². The fraction of sp³-hybridized carbons (Fsp3) is 1.00. The van der Waals surface area contributed by atoms with Crippen LogP contribution in [0.4, 0.5) is 0 Å². The van der Waals surface area contributed by atoms with Gasteiger partial charge in [0.25, 0.3) is 0 Å². The number of quaternary nitrogens is 1. The van der Waals surface area contributed by atoms with Gasteiger partial charge in [-0.1, -0.05) is 0 Å². The van der Waals surface area contributed by atoms with Gasteiger partial charge in [0.05, 0.1) is 20.1 Å². The second-order valence-electron chi connectivity index (χ2n) is 3.48. The molecule has 0 atom stereocenters. The summed E-state index contributed by atoms with van der Waals surface area (Å²) in [6.07, 6.45) is 2.12. The Kier molecular flexibility index (Phi) is 2.22. The Bertz CT molecular complexity index is 228. The molecule has 0 saturated carbocycles. The SMILES string of the molecule is C[N+]1(CS(=O)(=O)O)CCCC1. The summed E-state index contributed by atoms with van der Waals surface area (Å²) in [5, 5.41) is 0. The summed E-state index contributed by atoms with van der Waals surface area (Å²) in [5.41, 5.74) is 0. The van der Waals surface area contributed by atoms with Crippen molar-refractivity contribution in [1.29, 1.82) is 0 Å². The van der Waals surface area contributed by atoms with Gasteiger partial charge in [-0.15, -0.1) is 0 Å². The molecular formula is C6H14NO3S+. The van der Waals surface area contributed by atoms with Crippen LogP contribution in [0, 0.1) is 0 Å². The Morgan fingerprint density at radius 3 is 2.18 bits per heavy atom. The zero-order valence-corrected chi connectivity index (χ0v) is 7.47. The highest BCUT2D eigenvalue weighted by Crippen LogP contribution is 2.16. The van der Waals surface area contributed by atoms with Gasteiger partial charge < -0.3 is 4.48 Å². The van der Waals surface area contributed by atoms with E-state index in [0.29, 0.717) is 4.48 Å². The molecule has 1 aliphatic rings. The second-order valence-corrected chi connectivity index (χ2v) is 4.91. The molecule has 5 heteroatoms. The van der Waals surface area contributed by atoms with Crippen molar-refractivity contribution in [3.05, 3.63) is 0 Å². The van der Waals surface area contributed by atoms with E-state index in [1.807, 2.05) is 7.05 Å². The third kappa shape index (κ3) is 2.76. The third-order valence-electron chi connectivity index (χ3n) is 2.12. The molecule has 4 nitrogen and oxygen atoms in total. The molecule has 1 fully saturated rings. The van der Waals surface area contributed by atoms with Crippen molar-refractivity contribution in [1.82, 2.24) is 0 Å². The minimum Gasteiger partial charge on any atom is -0.311 e. The maximum atomic E-state index is 10.5. The van der Waals surface area contributed by atoms with Crippen LogP contribution in [0.3, 0.4) is 0 Å². The van der Waals surface area contributed by atoms with Crippen LogP contribution < -0.4 is 0 Å². The maximum Gasteiger partial charge on any atom is 0.316 e. The first-order valence-corrected chi connectivity index (χ1v) is 5.31. The van der Waals surface area contributed by atoms with Crippen LogP contribution >= 0.6 is 0 Å². The molecule has 0 aromatic rings. The molecule has 66 valence electrons. The van der Waals surface area contributed by atoms with Crippen LogP contribution in [0.5, 0.6) is 0 Å². The molecule has 1 rings (SSSR count). The summed E-state index contributed by atoms with van der Waals surface area (Å²) in [7, 11) is -1.93. The quantitative estimate of drug-likeness (QED) is 0.483. The molecule has 11 heavy (non-hydrogen) atoms. The summed E-state index contributed by atoms with van der Waals surface area (Å²) < 4.78 is 30.1. The van der Waals surface area contributed by atoms with E-state index in [2.05, 4.69) is 0 Å². The van der Waals surface area contributed by atoms with Crippen molar-refractivity contribution in [2.45, 2.75) is 12.8 Å². The van der Waals surface area contributed by atoms with Gasteiger partial charge in [0, 0.05) is 12.8 Å². The molecule has 0 aliphatic carbocycles. The van der Waals surface area contributed by atoms with Gasteiger partial charge in [0.1, 0.15) is 0 Å². The zero-order chi connectivity index (χ0) is 8.54. The molecule has 0 aromatic heterocycles. The fourth-order valence-corrected chi connectivity index (χ4v) is 2.67. The third-order valence-corrected chi connectivity index (χ3v) is 3.07. The number of nitrogens with zero attached hydrogens (tertiary/aromatic N) is 1. The Hall–Kier alpha value is -0.130. The van der Waals surface area contributed by atoms with E-state index in [0.717, 1.165) is 25.9 Å². The molecule has 0 spiro atoms. The minimum atomic E-state index is -3.79. The largest absolute Gasteiger partial charge is 0.316 e. The Morgan fingerprint density at radius 1 is 1.36 bits per heavy atom. The predicted octanol–water partition coefficient (Wildman–Crippen LogP) is 0.0721. The lowest BCUT2D eigenvalue weighted by Crippen LogP contribution is -2.44. The minimum absolute atomic E-state index is 0.132. The van der Waals surface area contributed by atoms with Gasteiger partial charge >= 0.3 is 10.1 Å². The maximum absolute atomic E-state index is 10.5. The topological polar surface area (TPSA) is 54.4 Å². The van der Waals surface area contributed by atoms with Gasteiger partial charge in [-0.05, 0) is 0 Å². The van der Waals surface area contributed by atoms with Gasteiger partial charge in [-0.2, -0.15) is 8.42 Å². The Morgan fingerprint density at radius 2 is 1.82 bits per heavy atom. The molecule has 0 bridgehead atoms. The molecular weight excluding hydrogens is 166 g/mol. The highest BCUT2D eigenvalue weighted by Gasteiger charge is 2.31.